The van der Waals surface area contributed by atoms with Crippen molar-refractivity contribution in [3.05, 3.63) is 52.4 Å². The summed E-state index contributed by atoms with van der Waals surface area (Å²) in [6.07, 6.45) is 5.08. The zero-order valence-electron chi connectivity index (χ0n) is 13.0. The molecule has 25 heavy (non-hydrogen) atoms. The van der Waals surface area contributed by atoms with Crippen LogP contribution in [0.25, 0.3) is 6.08 Å². The molecule has 0 aliphatic carbocycles. The first-order valence-corrected chi connectivity index (χ1v) is 7.70. The number of rotatable bonds is 5. The minimum Gasteiger partial charge on any atom is -0.478 e. The Morgan fingerprint density at radius 2 is 1.92 bits per heavy atom. The third kappa shape index (κ3) is 5.74. The molecule has 1 saturated heterocycles. The third-order valence-electron chi connectivity index (χ3n) is 2.81. The lowest BCUT2D eigenvalue weighted by Gasteiger charge is -1.94. The van der Waals surface area contributed by atoms with Crippen LogP contribution in [0.1, 0.15) is 11.1 Å². The molecule has 0 aromatic heterocycles. The van der Waals surface area contributed by atoms with E-state index < -0.39 is 17.8 Å². The number of esters is 1. The zero-order valence-corrected chi connectivity index (χ0v) is 13.8. The van der Waals surface area contributed by atoms with Crippen LogP contribution in [0.15, 0.2) is 51.5 Å². The van der Waals surface area contributed by atoms with Crippen molar-refractivity contribution in [2.45, 2.75) is 0 Å². The average molecular weight is 359 g/mol. The molecule has 2 rings (SSSR count). The Morgan fingerprint density at radius 3 is 2.56 bits per heavy atom. The van der Waals surface area contributed by atoms with Gasteiger partial charge in [0.05, 0.1) is 18.2 Å². The number of carbonyl (C=O) groups excluding carboxylic acids is 2. The molecule has 0 radical (unpaired) electrons. The maximum absolute atomic E-state index is 11.6. The quantitative estimate of drug-likeness (QED) is 0.355. The molecule has 9 heteroatoms. The second-order valence-electron chi connectivity index (χ2n) is 4.58. The maximum Gasteiger partial charge on any atom is 0.331 e. The number of amides is 1. The molecule has 1 aliphatic heterocycles. The van der Waals surface area contributed by atoms with Crippen LogP contribution >= 0.6 is 11.8 Å². The highest BCUT2D eigenvalue weighted by molar-refractivity contribution is 8.18. The molecular formula is C16H13N3O5S. The van der Waals surface area contributed by atoms with E-state index in [1.54, 1.807) is 24.3 Å². The molecule has 1 aliphatic rings. The van der Waals surface area contributed by atoms with Gasteiger partial charge in [-0.2, -0.15) is 5.10 Å². The van der Waals surface area contributed by atoms with Gasteiger partial charge >= 0.3 is 11.9 Å². The van der Waals surface area contributed by atoms with E-state index in [9.17, 15) is 14.4 Å². The van der Waals surface area contributed by atoms with Crippen LogP contribution in [0, 0.1) is 0 Å². The van der Waals surface area contributed by atoms with Gasteiger partial charge < -0.3 is 9.84 Å². The number of amidine groups is 1. The van der Waals surface area contributed by atoms with Crippen LogP contribution in [0.4, 0.5) is 0 Å². The van der Waals surface area contributed by atoms with E-state index in [-0.39, 0.29) is 10.1 Å². The summed E-state index contributed by atoms with van der Waals surface area (Å²) in [5.74, 6) is -2.09. The molecule has 0 spiro atoms. The van der Waals surface area contributed by atoms with E-state index in [4.69, 9.17) is 5.11 Å². The summed E-state index contributed by atoms with van der Waals surface area (Å²) >= 11 is 0.980. The summed E-state index contributed by atoms with van der Waals surface area (Å²) in [6.45, 7) is 0. The van der Waals surface area contributed by atoms with Gasteiger partial charge in [-0.3, -0.25) is 10.1 Å². The van der Waals surface area contributed by atoms with Gasteiger partial charge in [0.2, 0.25) is 0 Å². The molecule has 0 saturated carbocycles. The normalized spacial score (nSPS) is 17.6. The van der Waals surface area contributed by atoms with Gasteiger partial charge in [-0.05, 0) is 29.0 Å². The molecule has 1 fully saturated rings. The van der Waals surface area contributed by atoms with Crippen LogP contribution in [0.3, 0.4) is 0 Å². The molecule has 0 unspecified atom stereocenters. The Hall–Kier alpha value is -3.20. The summed E-state index contributed by atoms with van der Waals surface area (Å²) < 4.78 is 4.46. The first-order chi connectivity index (χ1) is 12.0. The summed E-state index contributed by atoms with van der Waals surface area (Å²) in [7, 11) is 1.22. The largest absolute Gasteiger partial charge is 0.478 e. The van der Waals surface area contributed by atoms with Crippen LogP contribution in [-0.4, -0.2) is 41.4 Å². The average Bonchev–Trinajstić information content (AvgIpc) is 2.93. The van der Waals surface area contributed by atoms with Crippen molar-refractivity contribution in [1.29, 1.82) is 0 Å². The van der Waals surface area contributed by atoms with Gasteiger partial charge in [0.15, 0.2) is 5.17 Å². The molecule has 8 nitrogen and oxygen atoms in total. The van der Waals surface area contributed by atoms with Crippen LogP contribution in [-0.2, 0) is 19.1 Å². The van der Waals surface area contributed by atoms with E-state index in [1.165, 1.54) is 19.4 Å². The topological polar surface area (TPSA) is 117 Å². The fourth-order valence-electron chi connectivity index (χ4n) is 1.65. The third-order valence-corrected chi connectivity index (χ3v) is 3.71. The number of carboxylic acid groups (broad SMARTS) is 1. The number of hydrogen-bond acceptors (Lipinski definition) is 7. The van der Waals surface area contributed by atoms with E-state index in [0.717, 1.165) is 35.0 Å². The fraction of sp³-hybridized carbons (Fsp3) is 0.0625. The Labute approximate surface area is 147 Å². The highest BCUT2D eigenvalue weighted by Gasteiger charge is 2.24. The van der Waals surface area contributed by atoms with Crippen molar-refractivity contribution < 1.29 is 24.2 Å². The number of carbonyl (C=O) groups is 3. The molecule has 0 bridgehead atoms. The smallest absolute Gasteiger partial charge is 0.331 e. The number of methoxy groups -OCH3 is 1. The van der Waals surface area contributed by atoms with Gasteiger partial charge in [-0.15, -0.1) is 5.10 Å². The minimum absolute atomic E-state index is 0.176. The van der Waals surface area contributed by atoms with Crippen molar-refractivity contribution in [3.63, 3.8) is 0 Å². The summed E-state index contributed by atoms with van der Waals surface area (Å²) in [6, 6.07) is 6.96. The number of aliphatic carboxylic acids is 1. The van der Waals surface area contributed by atoms with Gasteiger partial charge in [0, 0.05) is 12.2 Å². The van der Waals surface area contributed by atoms with Crippen LogP contribution < -0.4 is 5.32 Å². The monoisotopic (exact) mass is 359 g/mol. The molecule has 1 heterocycles. The number of nitrogens with one attached hydrogen (secondary N) is 1. The summed E-state index contributed by atoms with van der Waals surface area (Å²) in [5.41, 5.74) is 1.48. The molecule has 1 aromatic carbocycles. The number of thioether (sulfide) groups is 1. The van der Waals surface area contributed by atoms with E-state index >= 15 is 0 Å². The first-order valence-electron chi connectivity index (χ1n) is 6.89. The van der Waals surface area contributed by atoms with Crippen molar-refractivity contribution in [3.8, 4) is 0 Å². The van der Waals surface area contributed by atoms with E-state index in [2.05, 4.69) is 20.3 Å². The van der Waals surface area contributed by atoms with Gasteiger partial charge in [0.25, 0.3) is 5.91 Å². The predicted molar refractivity (Wildman–Crippen MR) is 94.0 cm³/mol. The number of hydrogen-bond donors (Lipinski definition) is 2. The van der Waals surface area contributed by atoms with Gasteiger partial charge in [0.1, 0.15) is 0 Å². The van der Waals surface area contributed by atoms with Crippen LogP contribution in [0.5, 0.6) is 0 Å². The number of benzene rings is 1. The second kappa shape index (κ2) is 8.60. The van der Waals surface area contributed by atoms with Gasteiger partial charge in [-0.1, -0.05) is 24.3 Å². The Morgan fingerprint density at radius 1 is 1.24 bits per heavy atom. The highest BCUT2D eigenvalue weighted by atomic mass is 32.2. The van der Waals surface area contributed by atoms with E-state index in [1.807, 2.05) is 0 Å². The van der Waals surface area contributed by atoms with Crippen molar-refractivity contribution >= 4 is 47.1 Å². The van der Waals surface area contributed by atoms with Gasteiger partial charge in [-0.25, -0.2) is 9.59 Å². The molecule has 2 N–H and O–H groups in total. The summed E-state index contributed by atoms with van der Waals surface area (Å²) in [4.78, 5) is 33.4. The zero-order chi connectivity index (χ0) is 18.2. The lowest BCUT2D eigenvalue weighted by atomic mass is 10.1. The highest BCUT2D eigenvalue weighted by Crippen LogP contribution is 2.23. The van der Waals surface area contributed by atoms with Crippen molar-refractivity contribution in [2.75, 3.05) is 7.11 Å². The summed E-state index contributed by atoms with van der Waals surface area (Å²) in [5, 5.41) is 19.0. The number of ether oxygens (including phenoxy) is 1. The lowest BCUT2D eigenvalue weighted by Crippen LogP contribution is -2.19. The Kier molecular flexibility index (Phi) is 6.24. The standard InChI is InChI=1S/C16H13N3O5S/c1-24-14(22)8-12-15(23)18-16(25-12)19-17-9-11-4-2-10(3-5-11)6-7-13(20)21/h2-9H,1H3,(H,20,21)(H,18,19,23)/b7-6?,12-8+,17-9?. The van der Waals surface area contributed by atoms with Crippen LogP contribution in [0.2, 0.25) is 0 Å². The molecule has 1 amide bonds. The molecule has 0 atom stereocenters. The number of carboxylic acids is 1. The molecule has 128 valence electrons. The van der Waals surface area contributed by atoms with Crippen molar-refractivity contribution in [2.24, 2.45) is 10.2 Å². The Bertz CT molecular complexity index is 810. The predicted octanol–water partition coefficient (Wildman–Crippen LogP) is 1.39. The minimum atomic E-state index is -1.02. The van der Waals surface area contributed by atoms with Crippen molar-refractivity contribution in [1.82, 2.24) is 5.32 Å². The first kappa shape index (κ1) is 18.1. The van der Waals surface area contributed by atoms with E-state index in [0.29, 0.717) is 0 Å². The number of nitrogens with zero attached hydrogens (tertiary/aromatic N) is 2. The SMILES string of the molecule is COC(=O)/C=C1/S/C(=N\N=Cc2ccc(C=CC(=O)O)cc2)NC1=O. The maximum atomic E-state index is 11.6. The molecule has 1 aromatic rings. The lowest BCUT2D eigenvalue weighted by molar-refractivity contribution is -0.135. The Balaban J connectivity index is 2.00. The molecular weight excluding hydrogens is 346 g/mol. The fourth-order valence-corrected chi connectivity index (χ4v) is 2.39. The second-order valence-corrected chi connectivity index (χ2v) is 5.61.